The molecule has 2 aromatic carbocycles. The summed E-state index contributed by atoms with van der Waals surface area (Å²) in [5.41, 5.74) is 0.871. The van der Waals surface area contributed by atoms with Gasteiger partial charge in [0.2, 0.25) is 5.91 Å². The van der Waals surface area contributed by atoms with E-state index in [2.05, 4.69) is 22.8 Å². The monoisotopic (exact) mass is 254 g/mol. The minimum atomic E-state index is -0.0415. The number of fused-ring (bicyclic) bond motifs is 1. The van der Waals surface area contributed by atoms with Crippen LogP contribution in [0.4, 0.5) is 5.69 Å². The number of nitrogens with one attached hydrogen (secondary N) is 2. The van der Waals surface area contributed by atoms with Crippen molar-refractivity contribution in [1.82, 2.24) is 5.32 Å². The quantitative estimate of drug-likeness (QED) is 0.865. The fourth-order valence-corrected chi connectivity index (χ4v) is 2.57. The second-order valence-electron chi connectivity index (χ2n) is 5.05. The lowest BCUT2D eigenvalue weighted by molar-refractivity contribution is -0.118. The van der Waals surface area contributed by atoms with Crippen LogP contribution in [0.15, 0.2) is 42.5 Å². The van der Waals surface area contributed by atoms with Crippen LogP contribution in [-0.2, 0) is 4.79 Å². The lowest BCUT2D eigenvalue weighted by atomic mass is 10.0. The zero-order valence-electron chi connectivity index (χ0n) is 10.9. The summed E-state index contributed by atoms with van der Waals surface area (Å²) in [5, 5.41) is 8.61. The number of amides is 1. The fraction of sp³-hybridized carbons (Fsp3) is 0.312. The molecule has 0 aliphatic carbocycles. The van der Waals surface area contributed by atoms with Crippen LogP contribution >= 0.6 is 0 Å². The average molecular weight is 254 g/mol. The normalized spacial score (nSPS) is 19.3. The molecule has 2 aromatic rings. The van der Waals surface area contributed by atoms with Crippen LogP contribution < -0.4 is 10.6 Å². The zero-order valence-corrected chi connectivity index (χ0v) is 10.9. The van der Waals surface area contributed by atoms with Gasteiger partial charge in [-0.1, -0.05) is 36.8 Å². The molecule has 0 bridgehead atoms. The molecule has 2 N–H and O–H groups in total. The molecule has 0 radical (unpaired) electrons. The van der Waals surface area contributed by atoms with Crippen molar-refractivity contribution >= 4 is 22.4 Å². The van der Waals surface area contributed by atoms with Crippen molar-refractivity contribution in [3.8, 4) is 0 Å². The summed E-state index contributed by atoms with van der Waals surface area (Å²) < 4.78 is 0. The van der Waals surface area contributed by atoms with Crippen molar-refractivity contribution in [3.05, 3.63) is 42.5 Å². The minimum absolute atomic E-state index is 0.0415. The van der Waals surface area contributed by atoms with Crippen LogP contribution in [-0.4, -0.2) is 18.5 Å². The number of piperidine rings is 1. The Kier molecular flexibility index (Phi) is 3.47. The first-order chi connectivity index (χ1) is 9.33. The molecule has 98 valence electrons. The van der Waals surface area contributed by atoms with E-state index < -0.39 is 0 Å². The van der Waals surface area contributed by atoms with Gasteiger partial charge in [0.15, 0.2) is 0 Å². The molecule has 3 rings (SSSR count). The second kappa shape index (κ2) is 5.41. The number of hydrogen-bond acceptors (Lipinski definition) is 2. The summed E-state index contributed by atoms with van der Waals surface area (Å²) in [4.78, 5) is 12.1. The van der Waals surface area contributed by atoms with Crippen molar-refractivity contribution in [2.75, 3.05) is 11.9 Å². The molecule has 1 fully saturated rings. The van der Waals surface area contributed by atoms with Gasteiger partial charge >= 0.3 is 0 Å². The highest BCUT2D eigenvalue weighted by Crippen LogP contribution is 2.19. The van der Waals surface area contributed by atoms with E-state index in [0.29, 0.717) is 0 Å². The van der Waals surface area contributed by atoms with Gasteiger partial charge in [-0.05, 0) is 42.3 Å². The summed E-state index contributed by atoms with van der Waals surface area (Å²) in [6.07, 6.45) is 3.22. The van der Waals surface area contributed by atoms with Gasteiger partial charge in [-0.2, -0.15) is 0 Å². The van der Waals surface area contributed by atoms with Crippen molar-refractivity contribution in [2.45, 2.75) is 25.3 Å². The number of rotatable bonds is 2. The van der Waals surface area contributed by atoms with E-state index in [1.165, 1.54) is 11.8 Å². The van der Waals surface area contributed by atoms with Gasteiger partial charge in [0.1, 0.15) is 0 Å². The molecule has 1 heterocycles. The van der Waals surface area contributed by atoms with Crippen LogP contribution in [0.2, 0.25) is 0 Å². The van der Waals surface area contributed by atoms with Crippen LogP contribution in [0, 0.1) is 0 Å². The molecule has 1 atom stereocenters. The first-order valence-corrected chi connectivity index (χ1v) is 6.86. The third-order valence-corrected chi connectivity index (χ3v) is 3.64. The molecule has 1 saturated heterocycles. The van der Waals surface area contributed by atoms with E-state index in [-0.39, 0.29) is 11.9 Å². The standard InChI is InChI=1S/C16H18N2O/c19-16(15-7-3-4-10-17-15)18-14-9-8-12-5-1-2-6-13(12)11-14/h1-2,5-6,8-9,11,15,17H,3-4,7,10H2,(H,18,19). The molecule has 1 aliphatic heterocycles. The molecule has 0 saturated carbocycles. The molecule has 3 nitrogen and oxygen atoms in total. The third-order valence-electron chi connectivity index (χ3n) is 3.64. The SMILES string of the molecule is O=C(Nc1ccc2ccccc2c1)C1CCCCN1. The van der Waals surface area contributed by atoms with E-state index in [4.69, 9.17) is 0 Å². The fourth-order valence-electron chi connectivity index (χ4n) is 2.57. The van der Waals surface area contributed by atoms with Crippen LogP contribution in [0.25, 0.3) is 10.8 Å². The van der Waals surface area contributed by atoms with Gasteiger partial charge in [0.25, 0.3) is 0 Å². The number of hydrogen-bond donors (Lipinski definition) is 2. The maximum Gasteiger partial charge on any atom is 0.241 e. The van der Waals surface area contributed by atoms with Crippen molar-refractivity contribution < 1.29 is 4.79 Å². The molecule has 0 aromatic heterocycles. The Morgan fingerprint density at radius 3 is 2.74 bits per heavy atom. The molecule has 1 aliphatic rings. The Hall–Kier alpha value is -1.87. The molecule has 0 spiro atoms. The summed E-state index contributed by atoms with van der Waals surface area (Å²) in [7, 11) is 0. The second-order valence-corrected chi connectivity index (χ2v) is 5.05. The van der Waals surface area contributed by atoms with E-state index >= 15 is 0 Å². The summed E-state index contributed by atoms with van der Waals surface area (Å²) in [6, 6.07) is 14.1. The number of benzene rings is 2. The lowest BCUT2D eigenvalue weighted by Gasteiger charge is -2.22. The Morgan fingerprint density at radius 2 is 1.95 bits per heavy atom. The summed E-state index contributed by atoms with van der Waals surface area (Å²) in [6.45, 7) is 0.940. The molecular formula is C16H18N2O. The number of carbonyl (C=O) groups is 1. The predicted octanol–water partition coefficient (Wildman–Crippen LogP) is 2.92. The smallest absolute Gasteiger partial charge is 0.241 e. The van der Waals surface area contributed by atoms with Crippen LogP contribution in [0.1, 0.15) is 19.3 Å². The van der Waals surface area contributed by atoms with Crippen molar-refractivity contribution in [3.63, 3.8) is 0 Å². The maximum absolute atomic E-state index is 12.1. The average Bonchev–Trinajstić information content (AvgIpc) is 2.48. The van der Waals surface area contributed by atoms with Gasteiger partial charge in [0, 0.05) is 5.69 Å². The van der Waals surface area contributed by atoms with Gasteiger partial charge in [-0.3, -0.25) is 4.79 Å². The molecule has 3 heteroatoms. The van der Waals surface area contributed by atoms with Crippen LogP contribution in [0.3, 0.4) is 0 Å². The van der Waals surface area contributed by atoms with E-state index in [9.17, 15) is 4.79 Å². The number of carbonyl (C=O) groups excluding carboxylic acids is 1. The highest BCUT2D eigenvalue weighted by Gasteiger charge is 2.20. The Labute approximate surface area is 113 Å². The van der Waals surface area contributed by atoms with E-state index in [1.54, 1.807) is 0 Å². The Balaban J connectivity index is 1.75. The van der Waals surface area contributed by atoms with Gasteiger partial charge in [0.05, 0.1) is 6.04 Å². The van der Waals surface area contributed by atoms with Crippen LogP contribution in [0.5, 0.6) is 0 Å². The van der Waals surface area contributed by atoms with Gasteiger partial charge in [-0.25, -0.2) is 0 Å². The first kappa shape index (κ1) is 12.2. The molecule has 1 amide bonds. The zero-order chi connectivity index (χ0) is 13.1. The highest BCUT2D eigenvalue weighted by molar-refractivity contribution is 5.97. The summed E-state index contributed by atoms with van der Waals surface area (Å²) in [5.74, 6) is 0.0787. The molecule has 19 heavy (non-hydrogen) atoms. The van der Waals surface area contributed by atoms with Crippen molar-refractivity contribution in [2.24, 2.45) is 0 Å². The third kappa shape index (κ3) is 2.76. The Morgan fingerprint density at radius 1 is 1.11 bits per heavy atom. The molecular weight excluding hydrogens is 236 g/mol. The van der Waals surface area contributed by atoms with E-state index in [1.807, 2.05) is 30.3 Å². The van der Waals surface area contributed by atoms with Gasteiger partial charge in [-0.15, -0.1) is 0 Å². The predicted molar refractivity (Wildman–Crippen MR) is 78.2 cm³/mol. The summed E-state index contributed by atoms with van der Waals surface area (Å²) >= 11 is 0. The van der Waals surface area contributed by atoms with Gasteiger partial charge < -0.3 is 10.6 Å². The Bertz CT molecular complexity index is 588. The minimum Gasteiger partial charge on any atom is -0.325 e. The largest absolute Gasteiger partial charge is 0.325 e. The number of anilines is 1. The maximum atomic E-state index is 12.1. The lowest BCUT2D eigenvalue weighted by Crippen LogP contribution is -2.43. The van der Waals surface area contributed by atoms with Crippen molar-refractivity contribution in [1.29, 1.82) is 0 Å². The first-order valence-electron chi connectivity index (χ1n) is 6.86. The van der Waals surface area contributed by atoms with E-state index in [0.717, 1.165) is 30.5 Å². The topological polar surface area (TPSA) is 41.1 Å². The highest BCUT2D eigenvalue weighted by atomic mass is 16.2. The molecule has 1 unspecified atom stereocenters.